The summed E-state index contributed by atoms with van der Waals surface area (Å²) < 4.78 is 72.8. The molecule has 13 nitrogen and oxygen atoms in total. The van der Waals surface area contributed by atoms with Gasteiger partial charge in [-0.1, -0.05) is 188 Å². The average molecular weight is 1010 g/mol. The fourth-order valence-corrected chi connectivity index (χ4v) is 9.02. The predicted molar refractivity (Wildman–Crippen MR) is 277 cm³/mol. The Hall–Kier alpha value is -5.65. The molecule has 0 amide bonds. The van der Waals surface area contributed by atoms with Gasteiger partial charge in [-0.25, -0.2) is 0 Å². The van der Waals surface area contributed by atoms with Gasteiger partial charge < -0.3 is 57.2 Å². The van der Waals surface area contributed by atoms with Gasteiger partial charge in [-0.2, -0.15) is 0 Å². The second-order valence-corrected chi connectivity index (χ2v) is 18.5. The minimum atomic E-state index is -1.39. The molecule has 0 aliphatic carbocycles. The van der Waals surface area contributed by atoms with Gasteiger partial charge in [0.25, 0.3) is 0 Å². The first-order valence-electron chi connectivity index (χ1n) is 25.7. The van der Waals surface area contributed by atoms with E-state index in [1.54, 1.807) is 0 Å². The molecule has 2 heterocycles. The minimum absolute atomic E-state index is 0.0797. The number of carbonyl (C=O) groups excluding carboxylic acids is 1. The number of aliphatic hydroxyl groups excluding tert-OH is 1. The van der Waals surface area contributed by atoms with Crippen molar-refractivity contribution in [2.45, 2.75) is 127 Å². The highest BCUT2D eigenvalue weighted by Gasteiger charge is 2.54. The van der Waals surface area contributed by atoms with Gasteiger partial charge in [-0.15, -0.1) is 0 Å². The largest absolute Gasteiger partial charge is 0.469 e. The maximum atomic E-state index is 12.7. The predicted octanol–water partition coefficient (Wildman–Crippen LogP) is 9.71. The molecule has 2 saturated heterocycles. The Bertz CT molecular complexity index is 2440. The Balaban J connectivity index is 1.13. The molecule has 8 rings (SSSR count). The molecule has 6 aromatic rings. The van der Waals surface area contributed by atoms with Gasteiger partial charge in [0.05, 0.1) is 60.0 Å². The van der Waals surface area contributed by atoms with E-state index < -0.39 is 61.4 Å². The molecule has 2 fully saturated rings. The van der Waals surface area contributed by atoms with Gasteiger partial charge in [0.2, 0.25) is 0 Å². The Kier molecular flexibility index (Phi) is 22.2. The van der Waals surface area contributed by atoms with E-state index in [2.05, 4.69) is 0 Å². The highest BCUT2D eigenvalue weighted by Crippen LogP contribution is 2.36. The lowest BCUT2D eigenvalue weighted by atomic mass is 9.96. The van der Waals surface area contributed by atoms with Gasteiger partial charge >= 0.3 is 5.97 Å². The molecule has 0 saturated carbocycles. The lowest BCUT2D eigenvalue weighted by Crippen LogP contribution is -2.66. The third kappa shape index (κ3) is 16.9. The quantitative estimate of drug-likeness (QED) is 0.0353. The van der Waals surface area contributed by atoms with E-state index >= 15 is 0 Å². The number of carbonyl (C=O) groups is 1. The molecule has 6 aromatic carbocycles. The number of unbranched alkanes of at least 4 members (excludes halogenated alkanes) is 2. The summed E-state index contributed by atoms with van der Waals surface area (Å²) in [7, 11) is 1.39. The molecule has 1 N–H and O–H groups in total. The normalized spacial score (nSPS) is 23.8. The van der Waals surface area contributed by atoms with E-state index in [0.29, 0.717) is 38.9 Å². The van der Waals surface area contributed by atoms with Crippen molar-refractivity contribution in [1.29, 1.82) is 0 Å². The van der Waals surface area contributed by atoms with Crippen LogP contribution in [0.2, 0.25) is 0 Å². The Labute approximate surface area is 435 Å². The van der Waals surface area contributed by atoms with Crippen LogP contribution < -0.4 is 0 Å². The summed E-state index contributed by atoms with van der Waals surface area (Å²) in [4.78, 5) is 12.0. The second kappa shape index (κ2) is 30.0. The van der Waals surface area contributed by atoms with Crippen LogP contribution in [0.3, 0.4) is 0 Å². The van der Waals surface area contributed by atoms with Crippen molar-refractivity contribution in [2.24, 2.45) is 0 Å². The molecule has 13 heteroatoms. The highest BCUT2D eigenvalue weighted by molar-refractivity contribution is 5.68. The number of ether oxygens (including phenoxy) is 11. The highest BCUT2D eigenvalue weighted by atomic mass is 16.8. The molecule has 2 aliphatic rings. The van der Waals surface area contributed by atoms with Crippen molar-refractivity contribution in [1.82, 2.24) is 0 Å². The van der Waals surface area contributed by atoms with E-state index in [9.17, 15) is 9.90 Å². The minimum Gasteiger partial charge on any atom is -0.469 e. The lowest BCUT2D eigenvalue weighted by molar-refractivity contribution is -0.379. The fraction of sp³-hybridized carbons (Fsp3) is 0.393. The summed E-state index contributed by atoms with van der Waals surface area (Å²) >= 11 is 0. The van der Waals surface area contributed by atoms with E-state index in [4.69, 9.17) is 52.1 Å². The number of esters is 1. The van der Waals surface area contributed by atoms with Crippen molar-refractivity contribution < 1.29 is 62.0 Å². The van der Waals surface area contributed by atoms with Crippen LogP contribution in [0.5, 0.6) is 0 Å². The fourth-order valence-electron chi connectivity index (χ4n) is 9.02. The summed E-state index contributed by atoms with van der Waals surface area (Å²) in [6, 6.07) is 59.2. The van der Waals surface area contributed by atoms with Crippen LogP contribution in [0.1, 0.15) is 59.1 Å². The molecule has 0 radical (unpaired) electrons. The Morgan fingerprint density at radius 2 is 0.784 bits per heavy atom. The molecule has 10 atom stereocenters. The van der Waals surface area contributed by atoms with Crippen LogP contribution in [0.4, 0.5) is 0 Å². The van der Waals surface area contributed by atoms with Crippen LogP contribution in [-0.4, -0.2) is 99.4 Å². The zero-order chi connectivity index (χ0) is 51.0. The van der Waals surface area contributed by atoms with Crippen molar-refractivity contribution >= 4 is 5.97 Å². The third-order valence-corrected chi connectivity index (χ3v) is 13.0. The topological polar surface area (TPSA) is 139 Å². The number of benzene rings is 6. The third-order valence-electron chi connectivity index (χ3n) is 13.0. The van der Waals surface area contributed by atoms with Crippen molar-refractivity contribution in [3.8, 4) is 0 Å². The van der Waals surface area contributed by atoms with Crippen molar-refractivity contribution in [3.05, 3.63) is 215 Å². The number of methoxy groups -OCH3 is 1. The van der Waals surface area contributed by atoms with E-state index in [1.165, 1.54) is 7.11 Å². The number of rotatable bonds is 29. The standard InChI is InChI=1S/C61H70O13/c1-64-53(62)35-21-8-22-36-67-61-59(58(71-42-50-33-19-7-20-34-50)56(69-40-48-29-15-5-16-30-48)52(73-61)44-66-38-46-25-11-3-12-26-46)74-60-54(63)57(70-41-49-31-17-6-18-32-49)55(68-39-47-27-13-4-14-28-47)51(72-60)43-65-37-45-23-9-2-10-24-45/h2-7,9-20,23-34,51-52,54-61,63H,8,21-22,35-44H2,1H3/t51-,52-,54+,55-,56-,57-,58+,59+,60-,61+/m1/s1. The van der Waals surface area contributed by atoms with Gasteiger partial charge in [-0.3, -0.25) is 4.79 Å². The molecule has 0 spiro atoms. The molecular weight excluding hydrogens is 941 g/mol. The summed E-state index contributed by atoms with van der Waals surface area (Å²) in [5, 5.41) is 12.7. The number of hydrogen-bond acceptors (Lipinski definition) is 13. The molecular formula is C61H70O13. The lowest BCUT2D eigenvalue weighted by Gasteiger charge is -2.49. The maximum Gasteiger partial charge on any atom is 0.305 e. The zero-order valence-electron chi connectivity index (χ0n) is 42.1. The summed E-state index contributed by atoms with van der Waals surface area (Å²) in [5.74, 6) is -0.262. The average Bonchev–Trinajstić information content (AvgIpc) is 3.45. The molecule has 0 bridgehead atoms. The molecule has 74 heavy (non-hydrogen) atoms. The first kappa shape index (κ1) is 54.6. The first-order valence-corrected chi connectivity index (χ1v) is 25.7. The van der Waals surface area contributed by atoms with Crippen LogP contribution in [0, 0.1) is 0 Å². The van der Waals surface area contributed by atoms with Gasteiger partial charge in [0.1, 0.15) is 48.8 Å². The summed E-state index contributed by atoms with van der Waals surface area (Å²) in [5.41, 5.74) is 5.72. The summed E-state index contributed by atoms with van der Waals surface area (Å²) in [6.45, 7) is 1.93. The van der Waals surface area contributed by atoms with E-state index in [-0.39, 0.29) is 52.2 Å². The second-order valence-electron chi connectivity index (χ2n) is 18.5. The van der Waals surface area contributed by atoms with E-state index in [1.807, 2.05) is 182 Å². The Morgan fingerprint density at radius 3 is 1.20 bits per heavy atom. The van der Waals surface area contributed by atoms with Crippen LogP contribution >= 0.6 is 0 Å². The van der Waals surface area contributed by atoms with Crippen molar-refractivity contribution in [3.63, 3.8) is 0 Å². The van der Waals surface area contributed by atoms with Crippen molar-refractivity contribution in [2.75, 3.05) is 26.9 Å². The van der Waals surface area contributed by atoms with Gasteiger partial charge in [-0.05, 0) is 46.2 Å². The van der Waals surface area contributed by atoms with Crippen LogP contribution in [0.15, 0.2) is 182 Å². The monoisotopic (exact) mass is 1010 g/mol. The molecule has 392 valence electrons. The summed E-state index contributed by atoms with van der Waals surface area (Å²) in [6.07, 6.45) is -7.52. The maximum absolute atomic E-state index is 12.7. The number of hydrogen-bond donors (Lipinski definition) is 1. The Morgan fingerprint density at radius 1 is 0.419 bits per heavy atom. The van der Waals surface area contributed by atoms with Crippen LogP contribution in [0.25, 0.3) is 0 Å². The smallest absolute Gasteiger partial charge is 0.305 e. The van der Waals surface area contributed by atoms with Gasteiger partial charge in [0, 0.05) is 13.0 Å². The zero-order valence-corrected chi connectivity index (χ0v) is 42.1. The molecule has 0 unspecified atom stereocenters. The van der Waals surface area contributed by atoms with E-state index in [0.717, 1.165) is 33.4 Å². The molecule has 2 aliphatic heterocycles. The molecule has 0 aromatic heterocycles. The first-order chi connectivity index (χ1) is 36.5. The SMILES string of the molecule is COC(=O)CCCCCO[C@H]1O[C@H](COCc2ccccc2)[C@@H](OCc2ccccc2)[C@H](OCc2ccccc2)[C@@H]1O[C@H]1O[C@H](COCc2ccccc2)[C@@H](OCc2ccccc2)[C@H](OCc2ccccc2)[C@@H]1O. The van der Waals surface area contributed by atoms with Crippen LogP contribution in [-0.2, 0) is 96.5 Å². The number of aliphatic hydroxyl groups is 1. The van der Waals surface area contributed by atoms with Gasteiger partial charge in [0.15, 0.2) is 12.6 Å².